The Morgan fingerprint density at radius 3 is 2.40 bits per heavy atom. The van der Waals surface area contributed by atoms with Gasteiger partial charge in [-0.15, -0.1) is 0 Å². The van der Waals surface area contributed by atoms with Crippen LogP contribution in [0.25, 0.3) is 0 Å². The first-order valence-corrected chi connectivity index (χ1v) is 4.99. The molecular weight excluding hydrogens is 198 g/mol. The molecule has 0 aromatic heterocycles. The molecule has 0 heterocycles. The largest absolute Gasteiger partial charge is 0.481 e. The van der Waals surface area contributed by atoms with Gasteiger partial charge in [0.2, 0.25) is 0 Å². The Bertz CT molecular complexity index is 194. The maximum Gasteiger partial charge on any atom is 0.310 e. The van der Waals surface area contributed by atoms with Crippen molar-refractivity contribution in [3.05, 3.63) is 0 Å². The first-order valence-electron chi connectivity index (χ1n) is 4.99. The minimum atomic E-state index is -0.831. The van der Waals surface area contributed by atoms with Crippen LogP contribution < -0.4 is 0 Å². The van der Waals surface area contributed by atoms with Gasteiger partial charge in [-0.3, -0.25) is 9.69 Å². The molecule has 5 heteroatoms. The summed E-state index contributed by atoms with van der Waals surface area (Å²) in [6, 6.07) is 0. The topological polar surface area (TPSA) is 70.0 Å². The van der Waals surface area contributed by atoms with Crippen molar-refractivity contribution in [2.24, 2.45) is 5.41 Å². The second-order valence-electron chi connectivity index (χ2n) is 4.18. The molecule has 0 saturated heterocycles. The van der Waals surface area contributed by atoms with Gasteiger partial charge in [-0.25, -0.2) is 0 Å². The highest BCUT2D eigenvalue weighted by atomic mass is 16.5. The highest BCUT2D eigenvalue weighted by molar-refractivity contribution is 5.73. The third kappa shape index (κ3) is 5.71. The van der Waals surface area contributed by atoms with E-state index in [1.165, 1.54) is 0 Å². The molecule has 0 aliphatic carbocycles. The monoisotopic (exact) mass is 219 g/mol. The van der Waals surface area contributed by atoms with Crippen LogP contribution in [-0.2, 0) is 9.53 Å². The summed E-state index contributed by atoms with van der Waals surface area (Å²) < 4.78 is 4.92. The van der Waals surface area contributed by atoms with E-state index in [2.05, 4.69) is 0 Å². The first kappa shape index (κ1) is 14.3. The molecule has 0 radical (unpaired) electrons. The highest BCUT2D eigenvalue weighted by Gasteiger charge is 2.29. The number of carboxylic acids is 1. The maximum absolute atomic E-state index is 10.9. The van der Waals surface area contributed by atoms with Gasteiger partial charge in [-0.2, -0.15) is 0 Å². The zero-order valence-corrected chi connectivity index (χ0v) is 9.69. The van der Waals surface area contributed by atoms with Gasteiger partial charge in [0.25, 0.3) is 0 Å². The van der Waals surface area contributed by atoms with E-state index < -0.39 is 11.4 Å². The van der Waals surface area contributed by atoms with Gasteiger partial charge >= 0.3 is 5.97 Å². The van der Waals surface area contributed by atoms with Gasteiger partial charge in [0.05, 0.1) is 18.6 Å². The fourth-order valence-corrected chi connectivity index (χ4v) is 1.26. The van der Waals surface area contributed by atoms with Crippen LogP contribution >= 0.6 is 0 Å². The Labute approximate surface area is 90.6 Å². The van der Waals surface area contributed by atoms with Gasteiger partial charge in [-0.1, -0.05) is 0 Å². The quantitative estimate of drug-likeness (QED) is 0.603. The summed E-state index contributed by atoms with van der Waals surface area (Å²) in [5.74, 6) is -0.831. The number of rotatable bonds is 8. The molecule has 5 nitrogen and oxygen atoms in total. The van der Waals surface area contributed by atoms with Crippen molar-refractivity contribution in [2.45, 2.75) is 13.8 Å². The van der Waals surface area contributed by atoms with Crippen LogP contribution in [0.15, 0.2) is 0 Å². The highest BCUT2D eigenvalue weighted by Crippen LogP contribution is 2.16. The summed E-state index contributed by atoms with van der Waals surface area (Å²) in [6.07, 6.45) is 0. The molecule has 0 spiro atoms. The van der Waals surface area contributed by atoms with Crippen LogP contribution in [-0.4, -0.2) is 61.0 Å². The molecule has 15 heavy (non-hydrogen) atoms. The molecular formula is C10H21NO4. The Balaban J connectivity index is 4.19. The SMILES string of the molecule is COCCN(CCO)CC(C)(C)C(=O)O. The van der Waals surface area contributed by atoms with Crippen LogP contribution in [0, 0.1) is 5.41 Å². The molecule has 0 rings (SSSR count). The molecule has 90 valence electrons. The van der Waals surface area contributed by atoms with Crippen LogP contribution in [0.2, 0.25) is 0 Å². The minimum Gasteiger partial charge on any atom is -0.481 e. The fraction of sp³-hybridized carbons (Fsp3) is 0.900. The van der Waals surface area contributed by atoms with E-state index in [0.29, 0.717) is 26.2 Å². The van der Waals surface area contributed by atoms with Crippen molar-refractivity contribution in [1.29, 1.82) is 0 Å². The smallest absolute Gasteiger partial charge is 0.310 e. The number of carbonyl (C=O) groups is 1. The number of hydrogen-bond acceptors (Lipinski definition) is 4. The minimum absolute atomic E-state index is 0.0272. The standard InChI is InChI=1S/C10H21NO4/c1-10(2,9(13)14)8-11(4-6-12)5-7-15-3/h12H,4-8H2,1-3H3,(H,13,14). The van der Waals surface area contributed by atoms with Crippen molar-refractivity contribution in [1.82, 2.24) is 4.90 Å². The first-order chi connectivity index (χ1) is 6.94. The maximum atomic E-state index is 10.9. The third-order valence-corrected chi connectivity index (χ3v) is 2.23. The summed E-state index contributed by atoms with van der Waals surface area (Å²) in [7, 11) is 1.60. The number of aliphatic hydroxyl groups excluding tert-OH is 1. The van der Waals surface area contributed by atoms with Crippen LogP contribution in [0.4, 0.5) is 0 Å². The summed E-state index contributed by atoms with van der Waals surface area (Å²) >= 11 is 0. The number of aliphatic carboxylic acids is 1. The number of nitrogens with zero attached hydrogens (tertiary/aromatic N) is 1. The predicted octanol–water partition coefficient (Wildman–Crippen LogP) is 0.0379. The molecule has 0 unspecified atom stereocenters. The summed E-state index contributed by atoms with van der Waals surface area (Å²) in [5.41, 5.74) is -0.803. The molecule has 0 aliphatic rings. The molecule has 0 aliphatic heterocycles. The molecule has 2 N–H and O–H groups in total. The molecule has 0 saturated carbocycles. The third-order valence-electron chi connectivity index (χ3n) is 2.23. The van der Waals surface area contributed by atoms with Crippen LogP contribution in [0.1, 0.15) is 13.8 Å². The number of carboxylic acid groups (broad SMARTS) is 1. The van der Waals surface area contributed by atoms with E-state index in [-0.39, 0.29) is 6.61 Å². The second-order valence-corrected chi connectivity index (χ2v) is 4.18. The Morgan fingerprint density at radius 2 is 2.00 bits per heavy atom. The molecule has 0 aromatic rings. The summed E-state index contributed by atoms with van der Waals surface area (Å²) in [6.45, 7) is 5.42. The Hall–Kier alpha value is -0.650. The lowest BCUT2D eigenvalue weighted by molar-refractivity contribution is -0.148. The van der Waals surface area contributed by atoms with Crippen molar-refractivity contribution in [2.75, 3.05) is 40.0 Å². The lowest BCUT2D eigenvalue weighted by Crippen LogP contribution is -2.41. The molecule has 0 bridgehead atoms. The zero-order chi connectivity index (χ0) is 11.9. The van der Waals surface area contributed by atoms with Gasteiger partial charge < -0.3 is 14.9 Å². The van der Waals surface area contributed by atoms with Gasteiger partial charge in [0, 0.05) is 26.7 Å². The molecule has 0 fully saturated rings. The Morgan fingerprint density at radius 1 is 1.40 bits per heavy atom. The van der Waals surface area contributed by atoms with E-state index >= 15 is 0 Å². The average Bonchev–Trinajstić information content (AvgIpc) is 2.14. The fourth-order valence-electron chi connectivity index (χ4n) is 1.26. The van der Waals surface area contributed by atoms with Crippen LogP contribution in [0.5, 0.6) is 0 Å². The van der Waals surface area contributed by atoms with Crippen molar-refractivity contribution in [3.8, 4) is 0 Å². The number of ether oxygens (including phenoxy) is 1. The second kappa shape index (κ2) is 6.76. The van der Waals surface area contributed by atoms with Crippen molar-refractivity contribution in [3.63, 3.8) is 0 Å². The van der Waals surface area contributed by atoms with Gasteiger partial charge in [-0.05, 0) is 13.8 Å². The number of methoxy groups -OCH3 is 1. The molecule has 0 aromatic carbocycles. The van der Waals surface area contributed by atoms with Crippen molar-refractivity contribution >= 4 is 5.97 Å². The van der Waals surface area contributed by atoms with Crippen LogP contribution in [0.3, 0.4) is 0 Å². The molecule has 0 amide bonds. The average molecular weight is 219 g/mol. The van der Waals surface area contributed by atoms with E-state index in [0.717, 1.165) is 0 Å². The number of aliphatic hydroxyl groups is 1. The van der Waals surface area contributed by atoms with E-state index in [4.69, 9.17) is 14.9 Å². The van der Waals surface area contributed by atoms with Crippen molar-refractivity contribution < 1.29 is 19.7 Å². The van der Waals surface area contributed by atoms with Gasteiger partial charge in [0.15, 0.2) is 0 Å². The number of hydrogen-bond donors (Lipinski definition) is 2. The summed E-state index contributed by atoms with van der Waals surface area (Å²) in [4.78, 5) is 12.8. The summed E-state index contributed by atoms with van der Waals surface area (Å²) in [5, 5.41) is 17.8. The Kier molecular flexibility index (Phi) is 6.47. The van der Waals surface area contributed by atoms with Gasteiger partial charge in [0.1, 0.15) is 0 Å². The predicted molar refractivity (Wildman–Crippen MR) is 56.8 cm³/mol. The lowest BCUT2D eigenvalue weighted by Gasteiger charge is -2.28. The zero-order valence-electron chi connectivity index (χ0n) is 9.69. The molecule has 0 atom stereocenters. The normalized spacial score (nSPS) is 12.1. The van der Waals surface area contributed by atoms with E-state index in [9.17, 15) is 4.79 Å². The lowest BCUT2D eigenvalue weighted by atomic mass is 9.93. The van der Waals surface area contributed by atoms with E-state index in [1.54, 1.807) is 21.0 Å². The van der Waals surface area contributed by atoms with E-state index in [1.807, 2.05) is 4.90 Å².